The Morgan fingerprint density at radius 3 is 2.63 bits per heavy atom. The predicted molar refractivity (Wildman–Crippen MR) is 78.3 cm³/mol. The number of hydrogen-bond donors (Lipinski definition) is 1. The van der Waals surface area contributed by atoms with Crippen molar-refractivity contribution < 1.29 is 9.53 Å². The maximum Gasteiger partial charge on any atom is 0.323 e. The maximum absolute atomic E-state index is 12.0. The number of hydrogen-bond acceptors (Lipinski definition) is 4. The van der Waals surface area contributed by atoms with Crippen molar-refractivity contribution in [1.82, 2.24) is 5.32 Å². The van der Waals surface area contributed by atoms with Gasteiger partial charge in [-0.1, -0.05) is 18.2 Å². The van der Waals surface area contributed by atoms with Gasteiger partial charge in [-0.25, -0.2) is 0 Å². The molecular weight excluding hydrogens is 258 g/mol. The van der Waals surface area contributed by atoms with Crippen LogP contribution in [-0.4, -0.2) is 29.4 Å². The molecular formula is C15H21NO2S. The summed E-state index contributed by atoms with van der Waals surface area (Å²) in [5, 5.41) is 3.68. The number of carbonyl (C=O) groups excluding carboxylic acids is 1. The summed E-state index contributed by atoms with van der Waals surface area (Å²) in [5.74, 6) is -0.135. The topological polar surface area (TPSA) is 38.3 Å². The largest absolute Gasteiger partial charge is 0.459 e. The summed E-state index contributed by atoms with van der Waals surface area (Å²) in [5.41, 5.74) is -0.413. The fourth-order valence-electron chi connectivity index (χ4n) is 2.04. The summed E-state index contributed by atoms with van der Waals surface area (Å²) in [7, 11) is 0. The molecule has 1 aliphatic rings. The Morgan fingerprint density at radius 2 is 2.00 bits per heavy atom. The van der Waals surface area contributed by atoms with Crippen LogP contribution in [0.15, 0.2) is 35.2 Å². The molecule has 1 N–H and O–H groups in total. The van der Waals surface area contributed by atoms with Crippen molar-refractivity contribution in [2.24, 2.45) is 0 Å². The zero-order chi connectivity index (χ0) is 13.9. The molecule has 1 fully saturated rings. The first-order valence-electron chi connectivity index (χ1n) is 6.62. The molecule has 2 atom stereocenters. The van der Waals surface area contributed by atoms with Crippen molar-refractivity contribution in [3.63, 3.8) is 0 Å². The van der Waals surface area contributed by atoms with Gasteiger partial charge in [0.15, 0.2) is 0 Å². The molecule has 0 amide bonds. The lowest BCUT2D eigenvalue weighted by molar-refractivity contribution is -0.156. The van der Waals surface area contributed by atoms with Gasteiger partial charge in [-0.05, 0) is 39.3 Å². The van der Waals surface area contributed by atoms with Crippen LogP contribution in [0.2, 0.25) is 0 Å². The first-order valence-corrected chi connectivity index (χ1v) is 7.50. The molecule has 0 radical (unpaired) electrons. The summed E-state index contributed by atoms with van der Waals surface area (Å²) in [4.78, 5) is 13.2. The molecule has 1 saturated heterocycles. The van der Waals surface area contributed by atoms with Crippen LogP contribution >= 0.6 is 11.8 Å². The van der Waals surface area contributed by atoms with Gasteiger partial charge in [-0.15, -0.1) is 11.8 Å². The molecule has 2 rings (SSSR count). The third kappa shape index (κ3) is 4.55. The third-order valence-corrected chi connectivity index (χ3v) is 4.06. The first kappa shape index (κ1) is 14.4. The quantitative estimate of drug-likeness (QED) is 0.864. The van der Waals surface area contributed by atoms with E-state index in [4.69, 9.17) is 4.74 Å². The van der Waals surface area contributed by atoms with Gasteiger partial charge in [0.1, 0.15) is 11.6 Å². The van der Waals surface area contributed by atoms with E-state index in [1.54, 1.807) is 0 Å². The van der Waals surface area contributed by atoms with Crippen LogP contribution in [-0.2, 0) is 9.53 Å². The van der Waals surface area contributed by atoms with Crippen LogP contribution in [0.4, 0.5) is 0 Å². The van der Waals surface area contributed by atoms with E-state index in [-0.39, 0.29) is 12.0 Å². The number of benzene rings is 1. The minimum absolute atomic E-state index is 0.135. The standard InChI is InChI=1S/C15H21NO2S/c1-15(2,3)18-14(17)13-9-12(10-16-13)19-11-7-5-4-6-8-11/h4-8,12-13,16H,9-10H2,1-3H3/t12-,13-/m0/s1. The van der Waals surface area contributed by atoms with Crippen molar-refractivity contribution in [3.05, 3.63) is 30.3 Å². The average molecular weight is 279 g/mol. The number of carbonyl (C=O) groups is 1. The number of rotatable bonds is 3. The SMILES string of the molecule is CC(C)(C)OC(=O)[C@@H]1C[C@H](Sc2ccccc2)CN1. The highest BCUT2D eigenvalue weighted by Crippen LogP contribution is 2.29. The third-order valence-electron chi connectivity index (χ3n) is 2.83. The molecule has 0 aliphatic carbocycles. The Morgan fingerprint density at radius 1 is 1.32 bits per heavy atom. The summed E-state index contributed by atoms with van der Waals surface area (Å²) in [6.07, 6.45) is 0.828. The van der Waals surface area contributed by atoms with E-state index >= 15 is 0 Å². The van der Waals surface area contributed by atoms with Crippen LogP contribution in [0, 0.1) is 0 Å². The van der Waals surface area contributed by atoms with Crippen LogP contribution in [0.3, 0.4) is 0 Å². The summed E-state index contributed by atoms with van der Waals surface area (Å²) in [6, 6.07) is 10.1. The van der Waals surface area contributed by atoms with Crippen LogP contribution in [0.1, 0.15) is 27.2 Å². The van der Waals surface area contributed by atoms with Gasteiger partial charge in [0.2, 0.25) is 0 Å². The molecule has 19 heavy (non-hydrogen) atoms. The molecule has 104 valence electrons. The second-order valence-electron chi connectivity index (χ2n) is 5.78. The fraction of sp³-hybridized carbons (Fsp3) is 0.533. The summed E-state index contributed by atoms with van der Waals surface area (Å²) >= 11 is 1.82. The Balaban J connectivity index is 1.85. The Labute approximate surface area is 119 Å². The highest BCUT2D eigenvalue weighted by molar-refractivity contribution is 8.00. The average Bonchev–Trinajstić information content (AvgIpc) is 2.77. The first-order chi connectivity index (χ1) is 8.94. The van der Waals surface area contributed by atoms with Crippen LogP contribution in [0.5, 0.6) is 0 Å². The van der Waals surface area contributed by atoms with E-state index in [0.717, 1.165) is 13.0 Å². The Hall–Kier alpha value is -1.00. The molecule has 0 bridgehead atoms. The summed E-state index contributed by atoms with van der Waals surface area (Å²) < 4.78 is 5.41. The van der Waals surface area contributed by atoms with Gasteiger partial charge in [-0.3, -0.25) is 4.79 Å². The number of thioether (sulfide) groups is 1. The highest BCUT2D eigenvalue weighted by Gasteiger charge is 2.32. The lowest BCUT2D eigenvalue weighted by atomic mass is 10.2. The van der Waals surface area contributed by atoms with Gasteiger partial charge in [0, 0.05) is 16.7 Å². The molecule has 1 aliphatic heterocycles. The molecule has 1 heterocycles. The van der Waals surface area contributed by atoms with E-state index in [0.29, 0.717) is 5.25 Å². The number of nitrogens with one attached hydrogen (secondary N) is 1. The molecule has 1 aromatic rings. The fourth-order valence-corrected chi connectivity index (χ4v) is 3.20. The van der Waals surface area contributed by atoms with Gasteiger partial charge < -0.3 is 10.1 Å². The molecule has 0 saturated carbocycles. The van der Waals surface area contributed by atoms with E-state index in [1.807, 2.05) is 50.7 Å². The molecule has 0 spiro atoms. The molecule has 0 aromatic heterocycles. The minimum atomic E-state index is -0.413. The zero-order valence-electron chi connectivity index (χ0n) is 11.7. The molecule has 4 heteroatoms. The minimum Gasteiger partial charge on any atom is -0.459 e. The second kappa shape index (κ2) is 5.97. The van der Waals surface area contributed by atoms with Crippen molar-refractivity contribution in [2.75, 3.05) is 6.54 Å². The van der Waals surface area contributed by atoms with Gasteiger partial charge in [0.05, 0.1) is 0 Å². The van der Waals surface area contributed by atoms with Crippen molar-refractivity contribution in [3.8, 4) is 0 Å². The van der Waals surface area contributed by atoms with Gasteiger partial charge in [0.25, 0.3) is 0 Å². The lowest BCUT2D eigenvalue weighted by Crippen LogP contribution is -2.37. The Kier molecular flexibility index (Phi) is 4.53. The van der Waals surface area contributed by atoms with Crippen LogP contribution in [0.25, 0.3) is 0 Å². The van der Waals surface area contributed by atoms with Gasteiger partial charge in [-0.2, -0.15) is 0 Å². The Bertz CT molecular complexity index is 428. The maximum atomic E-state index is 12.0. The molecule has 3 nitrogen and oxygen atoms in total. The lowest BCUT2D eigenvalue weighted by Gasteiger charge is -2.22. The number of esters is 1. The van der Waals surface area contributed by atoms with Crippen molar-refractivity contribution >= 4 is 17.7 Å². The van der Waals surface area contributed by atoms with Crippen molar-refractivity contribution in [2.45, 2.75) is 49.0 Å². The summed E-state index contributed by atoms with van der Waals surface area (Å²) in [6.45, 7) is 6.55. The highest BCUT2D eigenvalue weighted by atomic mass is 32.2. The van der Waals surface area contributed by atoms with E-state index < -0.39 is 5.60 Å². The van der Waals surface area contributed by atoms with Crippen LogP contribution < -0.4 is 5.32 Å². The predicted octanol–water partition coefficient (Wildman–Crippen LogP) is 2.85. The number of ether oxygens (including phenoxy) is 1. The molecule has 0 unspecified atom stereocenters. The monoisotopic (exact) mass is 279 g/mol. The van der Waals surface area contributed by atoms with Gasteiger partial charge >= 0.3 is 5.97 Å². The zero-order valence-corrected chi connectivity index (χ0v) is 12.5. The molecule has 1 aromatic carbocycles. The van der Waals surface area contributed by atoms with E-state index in [2.05, 4.69) is 17.4 Å². The normalized spacial score (nSPS) is 23.3. The van der Waals surface area contributed by atoms with E-state index in [1.165, 1.54) is 4.90 Å². The smallest absolute Gasteiger partial charge is 0.323 e. The second-order valence-corrected chi connectivity index (χ2v) is 7.16. The van der Waals surface area contributed by atoms with E-state index in [9.17, 15) is 4.79 Å². The van der Waals surface area contributed by atoms with Crippen molar-refractivity contribution in [1.29, 1.82) is 0 Å².